The Morgan fingerprint density at radius 2 is 2.06 bits per heavy atom. The average Bonchev–Trinajstić information content (AvgIpc) is 2.74. The Morgan fingerprint density at radius 1 is 1.31 bits per heavy atom. The summed E-state index contributed by atoms with van der Waals surface area (Å²) in [6, 6.07) is 0. The van der Waals surface area contributed by atoms with Gasteiger partial charge in [0.15, 0.2) is 0 Å². The summed E-state index contributed by atoms with van der Waals surface area (Å²) in [5, 5.41) is 4.32. The van der Waals surface area contributed by atoms with Crippen LogP contribution in [0.4, 0.5) is 0 Å². The molecule has 0 saturated heterocycles. The van der Waals surface area contributed by atoms with Crippen molar-refractivity contribution in [1.82, 2.24) is 24.7 Å². The van der Waals surface area contributed by atoms with Crippen LogP contribution in [0, 0.1) is 6.92 Å². The molecule has 0 aromatic carbocycles. The molecule has 3 aromatic rings. The first-order valence-corrected chi connectivity index (χ1v) is 5.30. The molecule has 0 spiro atoms. The minimum atomic E-state index is 0.821. The van der Waals surface area contributed by atoms with Crippen LogP contribution in [0.2, 0.25) is 0 Å². The van der Waals surface area contributed by atoms with Crippen molar-refractivity contribution in [1.29, 1.82) is 0 Å². The van der Waals surface area contributed by atoms with Crippen molar-refractivity contribution in [2.24, 2.45) is 7.05 Å². The highest BCUT2D eigenvalue weighted by Crippen LogP contribution is 2.08. The smallest absolute Gasteiger partial charge is 0.264 e. The van der Waals surface area contributed by atoms with Gasteiger partial charge in [-0.05, 0) is 5.10 Å². The van der Waals surface area contributed by atoms with Gasteiger partial charge in [-0.1, -0.05) is 18.8 Å². The molecule has 0 fully saturated rings. The van der Waals surface area contributed by atoms with Crippen molar-refractivity contribution < 1.29 is 4.40 Å². The van der Waals surface area contributed by atoms with Crippen LogP contribution >= 0.6 is 0 Å². The van der Waals surface area contributed by atoms with Gasteiger partial charge in [-0.15, -0.1) is 0 Å². The zero-order valence-corrected chi connectivity index (χ0v) is 9.89. The normalized spacial score (nSPS) is 10.5. The first-order valence-electron chi connectivity index (χ1n) is 5.30. The minimum absolute atomic E-state index is 0.821. The minimum Gasteiger partial charge on any atom is -0.314 e. The van der Waals surface area contributed by atoms with E-state index in [1.807, 2.05) is 32.2 Å². The van der Waals surface area contributed by atoms with Gasteiger partial charge in [0, 0.05) is 14.0 Å². The number of aryl methyl sites for hydroxylation is 2. The third-order valence-corrected chi connectivity index (χ3v) is 2.32. The van der Waals surface area contributed by atoms with E-state index in [0.29, 0.717) is 0 Å². The lowest BCUT2D eigenvalue weighted by atomic mass is 10.5. The van der Waals surface area contributed by atoms with Crippen LogP contribution in [0.1, 0.15) is 19.7 Å². The number of rotatable bonds is 0. The van der Waals surface area contributed by atoms with Crippen molar-refractivity contribution in [3.63, 3.8) is 0 Å². The Balaban J connectivity index is 0.000000457. The molecule has 0 unspecified atom stereocenters. The van der Waals surface area contributed by atoms with E-state index in [1.54, 1.807) is 17.3 Å². The van der Waals surface area contributed by atoms with Crippen LogP contribution in [-0.2, 0) is 7.05 Å². The number of aromatic amines is 1. The van der Waals surface area contributed by atoms with E-state index in [1.165, 1.54) is 0 Å². The third-order valence-electron chi connectivity index (χ3n) is 2.32. The summed E-state index contributed by atoms with van der Waals surface area (Å²) >= 11 is 0. The van der Waals surface area contributed by atoms with Crippen LogP contribution in [0.25, 0.3) is 16.8 Å². The molecule has 16 heavy (non-hydrogen) atoms. The summed E-state index contributed by atoms with van der Waals surface area (Å²) in [7, 11) is 1.88. The topological polar surface area (TPSA) is 63.5 Å². The number of H-pyrrole nitrogens is 1. The first-order chi connectivity index (χ1) is 7.77. The van der Waals surface area contributed by atoms with Crippen LogP contribution in [0.3, 0.4) is 0 Å². The molecule has 0 aliphatic rings. The fraction of sp³-hybridized carbons (Fsp3) is 0.400. The van der Waals surface area contributed by atoms with E-state index in [9.17, 15) is 0 Å². The van der Waals surface area contributed by atoms with Crippen molar-refractivity contribution in [2.45, 2.75) is 20.8 Å². The lowest BCUT2D eigenvalue weighted by Crippen LogP contribution is -2.28. The van der Waals surface area contributed by atoms with E-state index in [4.69, 9.17) is 0 Å². The second-order valence-electron chi connectivity index (χ2n) is 3.21. The van der Waals surface area contributed by atoms with Crippen LogP contribution < -0.4 is 4.40 Å². The predicted octanol–water partition coefficient (Wildman–Crippen LogP) is 0.765. The van der Waals surface area contributed by atoms with Gasteiger partial charge in [0.1, 0.15) is 0 Å². The highest BCUT2D eigenvalue weighted by molar-refractivity contribution is 5.80. The highest BCUT2D eigenvalue weighted by Gasteiger charge is 2.17. The molecular weight excluding hydrogens is 204 g/mol. The van der Waals surface area contributed by atoms with E-state index in [-0.39, 0.29) is 0 Å². The maximum atomic E-state index is 4.32. The van der Waals surface area contributed by atoms with E-state index in [0.717, 1.165) is 22.6 Å². The molecular formula is C10H15N6+. The Hall–Kier alpha value is -1.98. The van der Waals surface area contributed by atoms with Crippen LogP contribution in [0.5, 0.6) is 0 Å². The Bertz CT molecular complexity index is 621. The summed E-state index contributed by atoms with van der Waals surface area (Å²) in [4.78, 5) is 11.5. The van der Waals surface area contributed by atoms with Crippen molar-refractivity contribution in [2.75, 3.05) is 0 Å². The molecule has 3 aromatic heterocycles. The van der Waals surface area contributed by atoms with Gasteiger partial charge < -0.3 is 4.98 Å². The lowest BCUT2D eigenvalue weighted by molar-refractivity contribution is -0.523. The number of hydrogen-bond acceptors (Lipinski definition) is 3. The lowest BCUT2D eigenvalue weighted by Gasteiger charge is -1.99. The molecule has 3 heterocycles. The quantitative estimate of drug-likeness (QED) is 0.568. The van der Waals surface area contributed by atoms with E-state index >= 15 is 0 Å². The fourth-order valence-electron chi connectivity index (χ4n) is 1.68. The zero-order chi connectivity index (χ0) is 11.7. The van der Waals surface area contributed by atoms with Gasteiger partial charge in [0.05, 0.1) is 6.33 Å². The number of nitrogens with one attached hydrogen (secondary N) is 1. The Kier molecular flexibility index (Phi) is 2.55. The molecule has 0 atom stereocenters. The molecule has 0 aliphatic heterocycles. The van der Waals surface area contributed by atoms with Gasteiger partial charge in [0.2, 0.25) is 17.5 Å². The molecule has 0 radical (unpaired) electrons. The number of hydrogen-bond donors (Lipinski definition) is 1. The highest BCUT2D eigenvalue weighted by atomic mass is 15.3. The number of aromatic nitrogens is 6. The third kappa shape index (κ3) is 1.34. The summed E-state index contributed by atoms with van der Waals surface area (Å²) in [6.45, 7) is 5.94. The molecule has 84 valence electrons. The van der Waals surface area contributed by atoms with Crippen molar-refractivity contribution in [3.8, 4) is 0 Å². The van der Waals surface area contributed by atoms with Gasteiger partial charge in [0.25, 0.3) is 11.5 Å². The van der Waals surface area contributed by atoms with Gasteiger partial charge >= 0.3 is 0 Å². The van der Waals surface area contributed by atoms with Crippen molar-refractivity contribution >= 4 is 16.8 Å². The monoisotopic (exact) mass is 219 g/mol. The summed E-state index contributed by atoms with van der Waals surface area (Å²) in [6.07, 6.45) is 3.37. The molecule has 6 nitrogen and oxygen atoms in total. The van der Waals surface area contributed by atoms with Crippen molar-refractivity contribution in [3.05, 3.63) is 18.5 Å². The van der Waals surface area contributed by atoms with E-state index in [2.05, 4.69) is 20.1 Å². The standard InChI is InChI=1S/C8H8N6.C2H6/c1-5-12-13(2)8-6-7(9-3-10-8)11-4-14(5)6;1-2/h3-4H,1-2H3;1-2H3/p+1. The molecule has 3 rings (SSSR count). The Morgan fingerprint density at radius 3 is 2.81 bits per heavy atom. The largest absolute Gasteiger partial charge is 0.314 e. The Labute approximate surface area is 93.0 Å². The molecule has 0 aliphatic carbocycles. The average molecular weight is 219 g/mol. The molecule has 0 amide bonds. The van der Waals surface area contributed by atoms with Gasteiger partial charge in [-0.3, -0.25) is 0 Å². The second kappa shape index (κ2) is 3.88. The molecule has 6 heteroatoms. The summed E-state index contributed by atoms with van der Waals surface area (Å²) in [5.74, 6) is 0.893. The van der Waals surface area contributed by atoms with Crippen LogP contribution in [0.15, 0.2) is 12.7 Å². The molecule has 0 saturated carbocycles. The maximum absolute atomic E-state index is 4.32. The maximum Gasteiger partial charge on any atom is 0.264 e. The zero-order valence-electron chi connectivity index (χ0n) is 9.89. The number of nitrogens with zero attached hydrogens (tertiary/aromatic N) is 5. The van der Waals surface area contributed by atoms with E-state index < -0.39 is 0 Å². The SMILES string of the molecule is CC.Cc1nn(C)c2nc[nH]c3nc[n+]1c32. The van der Waals surface area contributed by atoms with Gasteiger partial charge in [-0.25, -0.2) is 4.98 Å². The molecule has 1 N–H and O–H groups in total. The molecule has 0 bridgehead atoms. The predicted molar refractivity (Wildman–Crippen MR) is 59.9 cm³/mol. The first kappa shape index (κ1) is 10.5. The number of imidazole rings is 1. The van der Waals surface area contributed by atoms with Crippen LogP contribution in [-0.4, -0.2) is 24.7 Å². The summed E-state index contributed by atoms with van der Waals surface area (Å²) < 4.78 is 3.68. The second-order valence-corrected chi connectivity index (χ2v) is 3.21. The van der Waals surface area contributed by atoms with Gasteiger partial charge in [-0.2, -0.15) is 9.08 Å². The summed E-state index contributed by atoms with van der Waals surface area (Å²) in [5.41, 5.74) is 2.63. The fourth-order valence-corrected chi connectivity index (χ4v) is 1.68.